The van der Waals surface area contributed by atoms with Crippen molar-refractivity contribution in [3.63, 3.8) is 0 Å². The molecule has 0 radical (unpaired) electrons. The summed E-state index contributed by atoms with van der Waals surface area (Å²) in [5.41, 5.74) is 6.81. The zero-order chi connectivity index (χ0) is 15.5. The smallest absolute Gasteiger partial charge is 0.261 e. The van der Waals surface area contributed by atoms with E-state index in [-0.39, 0.29) is 11.4 Å². The first-order chi connectivity index (χ1) is 9.97. The van der Waals surface area contributed by atoms with Crippen molar-refractivity contribution in [3.05, 3.63) is 51.6 Å². The molecule has 0 saturated heterocycles. The number of nitrogens with one attached hydrogen (secondary N) is 1. The molecule has 0 heterocycles. The average Bonchev–Trinajstić information content (AvgIpc) is 2.48. The van der Waals surface area contributed by atoms with Crippen LogP contribution >= 0.6 is 22.6 Å². The van der Waals surface area contributed by atoms with Gasteiger partial charge in [0, 0.05) is 15.7 Å². The minimum atomic E-state index is -3.66. The Morgan fingerprint density at radius 1 is 1.24 bits per heavy atom. The fourth-order valence-corrected chi connectivity index (χ4v) is 3.66. The number of para-hydroxylation sites is 1. The highest BCUT2D eigenvalue weighted by Crippen LogP contribution is 2.25. The van der Waals surface area contributed by atoms with Gasteiger partial charge in [-0.2, -0.15) is 0 Å². The number of nitrogens with two attached hydrogens (primary N) is 1. The van der Waals surface area contributed by atoms with Crippen LogP contribution in [-0.2, 0) is 16.6 Å². The van der Waals surface area contributed by atoms with Crippen molar-refractivity contribution >= 4 is 38.3 Å². The SMILES string of the molecule is COc1ccc(S(=O)(=O)Nc2ccccc2I)cc1CN. The van der Waals surface area contributed by atoms with Gasteiger partial charge >= 0.3 is 0 Å². The maximum atomic E-state index is 12.4. The lowest BCUT2D eigenvalue weighted by Gasteiger charge is -2.12. The normalized spacial score (nSPS) is 11.2. The number of rotatable bonds is 5. The molecule has 21 heavy (non-hydrogen) atoms. The predicted octanol–water partition coefficient (Wildman–Crippen LogP) is 2.56. The number of sulfonamides is 1. The molecule has 5 nitrogen and oxygen atoms in total. The van der Waals surface area contributed by atoms with E-state index < -0.39 is 10.0 Å². The molecular formula is C14H15IN2O3S. The third-order valence-corrected chi connectivity index (χ3v) is 5.20. The van der Waals surface area contributed by atoms with E-state index >= 15 is 0 Å². The summed E-state index contributed by atoms with van der Waals surface area (Å²) < 4.78 is 33.4. The highest BCUT2D eigenvalue weighted by Gasteiger charge is 2.17. The molecule has 0 atom stereocenters. The van der Waals surface area contributed by atoms with E-state index in [1.807, 2.05) is 12.1 Å². The highest BCUT2D eigenvalue weighted by atomic mass is 127. The van der Waals surface area contributed by atoms with Gasteiger partial charge in [0.1, 0.15) is 5.75 Å². The van der Waals surface area contributed by atoms with Gasteiger partial charge in [-0.3, -0.25) is 4.72 Å². The highest BCUT2D eigenvalue weighted by molar-refractivity contribution is 14.1. The molecule has 0 aromatic heterocycles. The van der Waals surface area contributed by atoms with Gasteiger partial charge in [-0.05, 0) is 52.9 Å². The molecule has 2 aromatic rings. The van der Waals surface area contributed by atoms with Gasteiger partial charge in [0.25, 0.3) is 10.0 Å². The van der Waals surface area contributed by atoms with Crippen LogP contribution in [0.5, 0.6) is 5.75 Å². The Kier molecular flexibility index (Phi) is 5.07. The number of anilines is 1. The second-order valence-electron chi connectivity index (χ2n) is 4.26. The van der Waals surface area contributed by atoms with Gasteiger partial charge in [0.15, 0.2) is 0 Å². The van der Waals surface area contributed by atoms with Gasteiger partial charge in [-0.25, -0.2) is 8.42 Å². The topological polar surface area (TPSA) is 81.4 Å². The molecule has 0 aliphatic heterocycles. The fourth-order valence-electron chi connectivity index (χ4n) is 1.83. The second kappa shape index (κ2) is 6.63. The Hall–Kier alpha value is -1.32. The van der Waals surface area contributed by atoms with Crippen LogP contribution in [0.4, 0.5) is 5.69 Å². The quantitative estimate of drug-likeness (QED) is 0.732. The summed E-state index contributed by atoms with van der Waals surface area (Å²) in [6, 6.07) is 11.8. The standard InChI is InChI=1S/C14H15IN2O3S/c1-20-14-7-6-11(8-10(14)9-16)21(18,19)17-13-5-3-2-4-12(13)15/h2-8,17H,9,16H2,1H3. The van der Waals surface area contributed by atoms with Gasteiger partial charge in [0.05, 0.1) is 17.7 Å². The minimum absolute atomic E-state index is 0.156. The first kappa shape index (κ1) is 16.1. The number of hydrogen-bond acceptors (Lipinski definition) is 4. The second-order valence-corrected chi connectivity index (χ2v) is 7.11. The molecule has 0 spiro atoms. The molecule has 112 valence electrons. The van der Waals surface area contributed by atoms with Crippen molar-refractivity contribution in [2.45, 2.75) is 11.4 Å². The molecule has 3 N–H and O–H groups in total. The molecular weight excluding hydrogens is 403 g/mol. The zero-order valence-electron chi connectivity index (χ0n) is 11.3. The molecule has 0 unspecified atom stereocenters. The third-order valence-electron chi connectivity index (χ3n) is 2.90. The number of ether oxygens (including phenoxy) is 1. The van der Waals surface area contributed by atoms with Gasteiger partial charge in [-0.1, -0.05) is 12.1 Å². The van der Waals surface area contributed by atoms with Gasteiger partial charge in [0.2, 0.25) is 0 Å². The summed E-state index contributed by atoms with van der Waals surface area (Å²) in [5.74, 6) is 0.575. The molecule has 7 heteroatoms. The number of benzene rings is 2. The van der Waals surface area contributed by atoms with E-state index in [1.54, 1.807) is 18.2 Å². The summed E-state index contributed by atoms with van der Waals surface area (Å²) in [6.07, 6.45) is 0. The third kappa shape index (κ3) is 3.66. The maximum Gasteiger partial charge on any atom is 0.261 e. The van der Waals surface area contributed by atoms with E-state index in [2.05, 4.69) is 27.3 Å². The van der Waals surface area contributed by atoms with Gasteiger partial charge in [-0.15, -0.1) is 0 Å². The molecule has 0 aliphatic rings. The lowest BCUT2D eigenvalue weighted by atomic mass is 10.2. The number of methoxy groups -OCH3 is 1. The molecule has 0 amide bonds. The van der Waals surface area contributed by atoms with Crippen molar-refractivity contribution in [2.75, 3.05) is 11.8 Å². The van der Waals surface area contributed by atoms with Crippen LogP contribution in [0.2, 0.25) is 0 Å². The van der Waals surface area contributed by atoms with E-state index in [0.29, 0.717) is 17.0 Å². The summed E-state index contributed by atoms with van der Waals surface area (Å²) in [5, 5.41) is 0. The summed E-state index contributed by atoms with van der Waals surface area (Å²) in [7, 11) is -2.14. The Morgan fingerprint density at radius 2 is 1.95 bits per heavy atom. The van der Waals surface area contributed by atoms with Crippen molar-refractivity contribution in [3.8, 4) is 5.75 Å². The van der Waals surface area contributed by atoms with E-state index in [0.717, 1.165) is 3.57 Å². The Balaban J connectivity index is 2.38. The van der Waals surface area contributed by atoms with Crippen LogP contribution in [0.1, 0.15) is 5.56 Å². The number of halogens is 1. The molecule has 0 fully saturated rings. The molecule has 2 rings (SSSR count). The monoisotopic (exact) mass is 418 g/mol. The Morgan fingerprint density at radius 3 is 2.57 bits per heavy atom. The van der Waals surface area contributed by atoms with Crippen LogP contribution in [-0.4, -0.2) is 15.5 Å². The molecule has 0 bridgehead atoms. The molecule has 0 aliphatic carbocycles. The van der Waals surface area contributed by atoms with Crippen LogP contribution in [0.3, 0.4) is 0 Å². The summed E-state index contributed by atoms with van der Waals surface area (Å²) in [6.45, 7) is 0.204. The van der Waals surface area contributed by atoms with Crippen LogP contribution < -0.4 is 15.2 Å². The molecule has 0 saturated carbocycles. The van der Waals surface area contributed by atoms with E-state index in [1.165, 1.54) is 19.2 Å². The first-order valence-electron chi connectivity index (χ1n) is 6.12. The first-order valence-corrected chi connectivity index (χ1v) is 8.68. The maximum absolute atomic E-state index is 12.4. The summed E-state index contributed by atoms with van der Waals surface area (Å²) in [4.78, 5) is 0.156. The van der Waals surface area contributed by atoms with Crippen LogP contribution in [0.25, 0.3) is 0 Å². The largest absolute Gasteiger partial charge is 0.496 e. The van der Waals surface area contributed by atoms with Crippen molar-refractivity contribution in [1.29, 1.82) is 0 Å². The Labute approximate surface area is 137 Å². The Bertz CT molecular complexity index is 748. The van der Waals surface area contributed by atoms with Crippen molar-refractivity contribution in [2.24, 2.45) is 5.73 Å². The number of hydrogen-bond donors (Lipinski definition) is 2. The lowest BCUT2D eigenvalue weighted by molar-refractivity contribution is 0.409. The summed E-state index contributed by atoms with van der Waals surface area (Å²) >= 11 is 2.08. The predicted molar refractivity (Wildman–Crippen MR) is 90.9 cm³/mol. The van der Waals surface area contributed by atoms with Gasteiger partial charge < -0.3 is 10.5 Å². The van der Waals surface area contributed by atoms with E-state index in [9.17, 15) is 8.42 Å². The van der Waals surface area contributed by atoms with Crippen molar-refractivity contribution < 1.29 is 13.2 Å². The lowest BCUT2D eigenvalue weighted by Crippen LogP contribution is -2.14. The van der Waals surface area contributed by atoms with Crippen LogP contribution in [0, 0.1) is 3.57 Å². The minimum Gasteiger partial charge on any atom is -0.496 e. The zero-order valence-corrected chi connectivity index (χ0v) is 14.3. The average molecular weight is 418 g/mol. The van der Waals surface area contributed by atoms with Crippen LogP contribution in [0.15, 0.2) is 47.4 Å². The van der Waals surface area contributed by atoms with Crippen molar-refractivity contribution in [1.82, 2.24) is 0 Å². The van der Waals surface area contributed by atoms with E-state index in [4.69, 9.17) is 10.5 Å². The fraction of sp³-hybridized carbons (Fsp3) is 0.143. The molecule has 2 aromatic carbocycles.